The van der Waals surface area contributed by atoms with Gasteiger partial charge < -0.3 is 21.1 Å². The monoisotopic (exact) mass is 615 g/mol. The molecule has 1 atom stereocenters. The number of carbonyl (C=O) groups is 1. The minimum absolute atomic E-state index is 0.241. The first-order valence-corrected chi connectivity index (χ1v) is 11.1. The summed E-state index contributed by atoms with van der Waals surface area (Å²) in [5.74, 6) is 0. The van der Waals surface area contributed by atoms with Crippen LogP contribution in [0.25, 0.3) is 0 Å². The Kier molecular flexibility index (Phi) is 8.60. The summed E-state index contributed by atoms with van der Waals surface area (Å²) in [4.78, 5) is 11.5. The Labute approximate surface area is 197 Å². The van der Waals surface area contributed by atoms with Crippen LogP contribution in [0.2, 0.25) is 0 Å². The number of amides is 2. The molecule has 4 N–H and O–H groups in total. The van der Waals surface area contributed by atoms with Gasteiger partial charge in [-0.25, -0.2) is 4.79 Å². The highest BCUT2D eigenvalue weighted by Gasteiger charge is 2.55. The van der Waals surface area contributed by atoms with Crippen LogP contribution < -0.4 is 16.0 Å². The molecule has 0 fully saturated rings. The van der Waals surface area contributed by atoms with Gasteiger partial charge in [-0.3, -0.25) is 0 Å². The van der Waals surface area contributed by atoms with E-state index < -0.39 is 18.3 Å². The van der Waals surface area contributed by atoms with E-state index in [2.05, 4.69) is 63.7 Å². The second-order valence-corrected chi connectivity index (χ2v) is 9.07. The number of benzene rings is 2. The topological polar surface area (TPSA) is 73.4 Å². The first-order valence-electron chi connectivity index (χ1n) is 8.76. The van der Waals surface area contributed by atoms with E-state index >= 15 is 0 Å². The molecule has 0 heterocycles. The first-order chi connectivity index (χ1) is 14.0. The largest absolute Gasteiger partial charge is 0.423 e. The predicted molar refractivity (Wildman–Crippen MR) is 120 cm³/mol. The van der Waals surface area contributed by atoms with Gasteiger partial charge in [0.25, 0.3) is 0 Å². The van der Waals surface area contributed by atoms with Crippen LogP contribution in [0.15, 0.2) is 49.8 Å². The zero-order chi connectivity index (χ0) is 22.5. The van der Waals surface area contributed by atoms with E-state index in [1.54, 1.807) is 31.2 Å². The minimum atomic E-state index is -4.91. The van der Waals surface area contributed by atoms with E-state index in [-0.39, 0.29) is 18.1 Å². The van der Waals surface area contributed by atoms with E-state index in [1.807, 2.05) is 0 Å². The number of hydrogen-bond acceptors (Lipinski definition) is 3. The number of aliphatic hydroxyl groups is 1. The van der Waals surface area contributed by atoms with Crippen molar-refractivity contribution in [3.8, 4) is 0 Å². The predicted octanol–water partition coefficient (Wildman–Crippen LogP) is 5.66. The summed E-state index contributed by atoms with van der Waals surface area (Å²) in [5, 5.41) is 18.5. The Morgan fingerprint density at radius 2 is 1.67 bits per heavy atom. The van der Waals surface area contributed by atoms with Gasteiger partial charge in [-0.1, -0.05) is 53.9 Å². The van der Waals surface area contributed by atoms with Crippen molar-refractivity contribution in [1.29, 1.82) is 0 Å². The maximum Gasteiger partial charge on any atom is 0.423 e. The molecule has 2 amide bonds. The van der Waals surface area contributed by atoms with Crippen LogP contribution in [0.4, 0.5) is 23.7 Å². The fourth-order valence-electron chi connectivity index (χ4n) is 2.59. The van der Waals surface area contributed by atoms with E-state index in [0.717, 1.165) is 5.56 Å². The van der Waals surface area contributed by atoms with Crippen LogP contribution in [-0.2, 0) is 12.1 Å². The molecule has 0 spiro atoms. The van der Waals surface area contributed by atoms with Gasteiger partial charge in [0.2, 0.25) is 5.60 Å². The van der Waals surface area contributed by atoms with Crippen molar-refractivity contribution in [1.82, 2.24) is 10.6 Å². The van der Waals surface area contributed by atoms with Crippen LogP contribution in [0.1, 0.15) is 18.1 Å². The SMILES string of the molecule is CCNC(=O)NCc1ccc(NC[C@](O)(c2cc(Br)cc(Br)c2)C(F)(F)F)cc1Br. The maximum atomic E-state index is 13.8. The number of carbonyl (C=O) groups excluding carboxylic acids is 1. The number of nitrogens with one attached hydrogen (secondary N) is 3. The number of alkyl halides is 3. The van der Waals surface area contributed by atoms with Crippen LogP contribution in [-0.4, -0.2) is 30.4 Å². The standard InChI is InChI=1S/C19H19Br3F3N3O2/c1-2-26-17(29)27-9-11-3-4-15(8-16(11)22)28-10-18(30,19(23,24)25)12-5-13(20)7-14(21)6-12/h3-8,28,30H,2,9-10H2,1H3,(H2,26,27,29)/t18-/m0/s1. The number of urea groups is 1. The smallest absolute Gasteiger partial charge is 0.381 e. The normalized spacial score (nSPS) is 13.5. The second kappa shape index (κ2) is 10.3. The van der Waals surface area contributed by atoms with Gasteiger partial charge in [-0.2, -0.15) is 13.2 Å². The Hall–Kier alpha value is -1.30. The summed E-state index contributed by atoms with van der Waals surface area (Å²) in [6.07, 6.45) is -4.91. The molecule has 2 rings (SSSR count). The fourth-order valence-corrected chi connectivity index (χ4v) is 4.40. The highest BCUT2D eigenvalue weighted by molar-refractivity contribution is 9.11. The average molecular weight is 618 g/mol. The van der Waals surface area contributed by atoms with Gasteiger partial charge in [0, 0.05) is 32.2 Å². The summed E-state index contributed by atoms with van der Waals surface area (Å²) in [6, 6.07) is 8.55. The van der Waals surface area contributed by atoms with Gasteiger partial charge >= 0.3 is 12.2 Å². The zero-order valence-electron chi connectivity index (χ0n) is 15.7. The number of hydrogen-bond donors (Lipinski definition) is 4. The molecule has 0 aromatic heterocycles. The molecule has 0 aliphatic heterocycles. The van der Waals surface area contributed by atoms with Gasteiger partial charge in [-0.05, 0) is 48.4 Å². The van der Waals surface area contributed by atoms with Crippen molar-refractivity contribution < 1.29 is 23.1 Å². The van der Waals surface area contributed by atoms with Crippen LogP contribution in [0, 0.1) is 0 Å². The first kappa shape index (κ1) is 25.0. The summed E-state index contributed by atoms with van der Waals surface area (Å²) in [5.41, 5.74) is -2.29. The number of rotatable bonds is 7. The van der Waals surface area contributed by atoms with Crippen LogP contribution in [0.5, 0.6) is 0 Å². The summed E-state index contributed by atoms with van der Waals surface area (Å²) >= 11 is 9.65. The second-order valence-electron chi connectivity index (χ2n) is 6.39. The molecule has 2 aromatic carbocycles. The molecule has 0 saturated carbocycles. The maximum absolute atomic E-state index is 13.8. The molecule has 11 heteroatoms. The summed E-state index contributed by atoms with van der Waals surface area (Å²) in [7, 11) is 0. The van der Waals surface area contributed by atoms with E-state index in [1.165, 1.54) is 12.1 Å². The third-order valence-electron chi connectivity index (χ3n) is 4.19. The summed E-state index contributed by atoms with van der Waals surface area (Å²) in [6.45, 7) is 1.74. The highest BCUT2D eigenvalue weighted by Crippen LogP contribution is 2.41. The van der Waals surface area contributed by atoms with Gasteiger partial charge in [0.15, 0.2) is 0 Å². The van der Waals surface area contributed by atoms with Crippen molar-refractivity contribution in [2.24, 2.45) is 0 Å². The molecule has 0 aliphatic rings. The lowest BCUT2D eigenvalue weighted by Crippen LogP contribution is -2.47. The van der Waals surface area contributed by atoms with Gasteiger partial charge in [0.05, 0.1) is 6.54 Å². The molecule has 2 aromatic rings. The average Bonchev–Trinajstić information content (AvgIpc) is 2.63. The quantitative estimate of drug-likeness (QED) is 0.324. The molecule has 5 nitrogen and oxygen atoms in total. The molecule has 164 valence electrons. The van der Waals surface area contributed by atoms with Gasteiger partial charge in [0.1, 0.15) is 0 Å². The van der Waals surface area contributed by atoms with Gasteiger partial charge in [-0.15, -0.1) is 0 Å². The molecule has 0 bridgehead atoms. The van der Waals surface area contributed by atoms with E-state index in [0.29, 0.717) is 25.7 Å². The van der Waals surface area contributed by atoms with E-state index in [4.69, 9.17) is 0 Å². The lowest BCUT2D eigenvalue weighted by atomic mass is 9.93. The van der Waals surface area contributed by atoms with Crippen molar-refractivity contribution in [2.75, 3.05) is 18.4 Å². The third-order valence-corrected chi connectivity index (χ3v) is 5.84. The number of halogens is 6. The Bertz CT molecular complexity index is 892. The molecular weight excluding hydrogens is 599 g/mol. The fraction of sp³-hybridized carbons (Fsp3) is 0.316. The minimum Gasteiger partial charge on any atom is -0.381 e. The van der Waals surface area contributed by atoms with Crippen molar-refractivity contribution >= 4 is 59.5 Å². The van der Waals surface area contributed by atoms with Crippen LogP contribution >= 0.6 is 47.8 Å². The van der Waals surface area contributed by atoms with Crippen LogP contribution in [0.3, 0.4) is 0 Å². The van der Waals surface area contributed by atoms with Crippen molar-refractivity contribution in [2.45, 2.75) is 25.2 Å². The highest BCUT2D eigenvalue weighted by atomic mass is 79.9. The number of anilines is 1. The molecule has 0 unspecified atom stereocenters. The summed E-state index contributed by atoms with van der Waals surface area (Å²) < 4.78 is 42.7. The third kappa shape index (κ3) is 6.35. The molecule has 0 radical (unpaired) electrons. The van der Waals surface area contributed by atoms with E-state index in [9.17, 15) is 23.1 Å². The molecule has 30 heavy (non-hydrogen) atoms. The lowest BCUT2D eigenvalue weighted by molar-refractivity contribution is -0.260. The zero-order valence-corrected chi connectivity index (χ0v) is 20.5. The Morgan fingerprint density at radius 1 is 1.03 bits per heavy atom. The Morgan fingerprint density at radius 3 is 2.20 bits per heavy atom. The molecule has 0 saturated heterocycles. The van der Waals surface area contributed by atoms with Crippen molar-refractivity contribution in [3.63, 3.8) is 0 Å². The Balaban J connectivity index is 2.18. The molecular formula is C19H19Br3F3N3O2. The molecule has 0 aliphatic carbocycles. The lowest BCUT2D eigenvalue weighted by Gasteiger charge is -2.32. The van der Waals surface area contributed by atoms with Crippen molar-refractivity contribution in [3.05, 3.63) is 60.9 Å².